The molecule has 28 heavy (non-hydrogen) atoms. The van der Waals surface area contributed by atoms with Gasteiger partial charge in [-0.1, -0.05) is 24.3 Å². The van der Waals surface area contributed by atoms with Gasteiger partial charge in [0.2, 0.25) is 0 Å². The minimum atomic E-state index is -0.462. The van der Waals surface area contributed by atoms with Crippen LogP contribution >= 0.6 is 0 Å². The summed E-state index contributed by atoms with van der Waals surface area (Å²) in [5.74, 6) is -0.855. The molecule has 1 aromatic heterocycles. The quantitative estimate of drug-likeness (QED) is 0.723. The zero-order valence-corrected chi connectivity index (χ0v) is 15.5. The number of aryl methyl sites for hydroxylation is 2. The predicted molar refractivity (Wildman–Crippen MR) is 107 cm³/mol. The van der Waals surface area contributed by atoms with Gasteiger partial charge in [-0.15, -0.1) is 0 Å². The molecule has 0 aliphatic heterocycles. The number of nitrogens with zero attached hydrogens (tertiary/aromatic N) is 2. The van der Waals surface area contributed by atoms with Crippen LogP contribution in [0.25, 0.3) is 0 Å². The van der Waals surface area contributed by atoms with Gasteiger partial charge in [-0.2, -0.15) is 5.26 Å². The Labute approximate surface area is 162 Å². The van der Waals surface area contributed by atoms with Crippen LogP contribution in [0.5, 0.6) is 0 Å². The van der Waals surface area contributed by atoms with E-state index in [9.17, 15) is 9.59 Å². The number of nitriles is 1. The first kappa shape index (κ1) is 18.8. The lowest BCUT2D eigenvalue weighted by Crippen LogP contribution is -2.19. The largest absolute Gasteiger partial charge is 0.321 e. The monoisotopic (exact) mass is 370 g/mol. The Morgan fingerprint density at radius 3 is 2.29 bits per heavy atom. The fourth-order valence-electron chi connectivity index (χ4n) is 2.61. The smallest absolute Gasteiger partial charge is 0.274 e. The number of nitrogens with one attached hydrogen (secondary N) is 2. The molecular formula is C22H18N4O2. The maximum absolute atomic E-state index is 12.6. The van der Waals surface area contributed by atoms with Gasteiger partial charge < -0.3 is 10.6 Å². The van der Waals surface area contributed by atoms with Crippen molar-refractivity contribution in [3.05, 3.63) is 88.7 Å². The third-order valence-electron chi connectivity index (χ3n) is 4.11. The molecule has 1 heterocycles. The summed E-state index contributed by atoms with van der Waals surface area (Å²) in [6.45, 7) is 3.85. The Bertz CT molecular complexity index is 1100. The van der Waals surface area contributed by atoms with E-state index in [1.54, 1.807) is 36.4 Å². The molecule has 6 heteroatoms. The predicted octanol–water partition coefficient (Wildman–Crippen LogP) is 4.07. The number of aromatic nitrogens is 1. The van der Waals surface area contributed by atoms with Crippen LogP contribution in [-0.2, 0) is 0 Å². The highest BCUT2D eigenvalue weighted by atomic mass is 16.2. The van der Waals surface area contributed by atoms with Crippen molar-refractivity contribution >= 4 is 23.2 Å². The van der Waals surface area contributed by atoms with Crippen molar-refractivity contribution in [3.63, 3.8) is 0 Å². The molecule has 0 radical (unpaired) electrons. The van der Waals surface area contributed by atoms with E-state index in [2.05, 4.69) is 15.6 Å². The van der Waals surface area contributed by atoms with Gasteiger partial charge in [-0.3, -0.25) is 9.59 Å². The Hall–Kier alpha value is -3.98. The van der Waals surface area contributed by atoms with Crippen molar-refractivity contribution in [1.82, 2.24) is 4.98 Å². The summed E-state index contributed by atoms with van der Waals surface area (Å²) in [4.78, 5) is 29.2. The van der Waals surface area contributed by atoms with E-state index in [0.717, 1.165) is 11.1 Å². The summed E-state index contributed by atoms with van der Waals surface area (Å²) >= 11 is 0. The molecule has 0 saturated heterocycles. The minimum absolute atomic E-state index is 0.107. The van der Waals surface area contributed by atoms with E-state index in [1.165, 1.54) is 6.07 Å². The van der Waals surface area contributed by atoms with Crippen molar-refractivity contribution in [1.29, 1.82) is 5.26 Å². The summed E-state index contributed by atoms with van der Waals surface area (Å²) in [5, 5.41) is 14.5. The molecule has 0 aliphatic rings. The molecule has 2 aromatic carbocycles. The highest BCUT2D eigenvalue weighted by Gasteiger charge is 2.14. The Kier molecular flexibility index (Phi) is 5.47. The molecule has 3 aromatic rings. The van der Waals surface area contributed by atoms with Crippen molar-refractivity contribution in [2.75, 3.05) is 10.6 Å². The van der Waals surface area contributed by atoms with Crippen LogP contribution in [0.3, 0.4) is 0 Å². The van der Waals surface area contributed by atoms with Gasteiger partial charge in [0.1, 0.15) is 11.4 Å². The highest BCUT2D eigenvalue weighted by Crippen LogP contribution is 2.17. The zero-order valence-electron chi connectivity index (χ0n) is 15.5. The number of hydrogen-bond acceptors (Lipinski definition) is 4. The number of carbonyl (C=O) groups excluding carboxylic acids is 2. The van der Waals surface area contributed by atoms with Crippen LogP contribution < -0.4 is 10.6 Å². The standard InChI is InChI=1S/C22H18N4O2/c1-14-9-10-15(2)20(11-14)26-22(28)19-8-4-7-18(25-19)21(27)24-17-6-3-5-16(12-17)13-23/h3-12H,1-2H3,(H,24,27)(H,26,28). The summed E-state index contributed by atoms with van der Waals surface area (Å²) in [6, 6.07) is 19.0. The van der Waals surface area contributed by atoms with Gasteiger partial charge in [0.15, 0.2) is 0 Å². The normalized spacial score (nSPS) is 10.0. The van der Waals surface area contributed by atoms with Crippen molar-refractivity contribution in [3.8, 4) is 6.07 Å². The van der Waals surface area contributed by atoms with Gasteiger partial charge in [-0.05, 0) is 61.4 Å². The number of amides is 2. The molecule has 0 aliphatic carbocycles. The molecular weight excluding hydrogens is 352 g/mol. The molecule has 0 fully saturated rings. The van der Waals surface area contributed by atoms with E-state index >= 15 is 0 Å². The molecule has 3 rings (SSSR count). The van der Waals surface area contributed by atoms with E-state index in [0.29, 0.717) is 16.9 Å². The first-order valence-corrected chi connectivity index (χ1v) is 8.63. The number of hydrogen-bond donors (Lipinski definition) is 2. The first-order valence-electron chi connectivity index (χ1n) is 8.63. The molecule has 0 unspecified atom stereocenters. The third-order valence-corrected chi connectivity index (χ3v) is 4.11. The number of carbonyl (C=O) groups is 2. The van der Waals surface area contributed by atoms with Crippen molar-refractivity contribution in [2.24, 2.45) is 0 Å². The number of benzene rings is 2. The average molecular weight is 370 g/mol. The van der Waals surface area contributed by atoms with Crippen LogP contribution in [0.1, 0.15) is 37.7 Å². The van der Waals surface area contributed by atoms with Gasteiger partial charge >= 0.3 is 0 Å². The Morgan fingerprint density at radius 2 is 1.57 bits per heavy atom. The SMILES string of the molecule is Cc1ccc(C)c(NC(=O)c2cccc(C(=O)Nc3cccc(C#N)c3)n2)c1. The average Bonchev–Trinajstić information content (AvgIpc) is 2.71. The van der Waals surface area contributed by atoms with Crippen LogP contribution in [0.15, 0.2) is 60.7 Å². The molecule has 0 bridgehead atoms. The molecule has 0 spiro atoms. The summed E-state index contributed by atoms with van der Waals surface area (Å²) in [6.07, 6.45) is 0. The van der Waals surface area contributed by atoms with Gasteiger partial charge in [0.25, 0.3) is 11.8 Å². The molecule has 2 N–H and O–H groups in total. The second kappa shape index (κ2) is 8.14. The van der Waals surface area contributed by atoms with Crippen molar-refractivity contribution < 1.29 is 9.59 Å². The molecule has 2 amide bonds. The van der Waals surface area contributed by atoms with Gasteiger partial charge in [0.05, 0.1) is 11.6 Å². The number of anilines is 2. The maximum atomic E-state index is 12.6. The van der Waals surface area contributed by atoms with Crippen LogP contribution in [0.2, 0.25) is 0 Å². The van der Waals surface area contributed by atoms with E-state index < -0.39 is 11.8 Å². The van der Waals surface area contributed by atoms with E-state index in [1.807, 2.05) is 38.1 Å². The van der Waals surface area contributed by atoms with Gasteiger partial charge in [0, 0.05) is 11.4 Å². The Balaban J connectivity index is 1.77. The van der Waals surface area contributed by atoms with E-state index in [4.69, 9.17) is 5.26 Å². The summed E-state index contributed by atoms with van der Waals surface area (Å²) < 4.78 is 0. The zero-order chi connectivity index (χ0) is 20.1. The van der Waals surface area contributed by atoms with Crippen LogP contribution in [0, 0.1) is 25.2 Å². The van der Waals surface area contributed by atoms with Gasteiger partial charge in [-0.25, -0.2) is 4.98 Å². The first-order chi connectivity index (χ1) is 13.5. The summed E-state index contributed by atoms with van der Waals surface area (Å²) in [5.41, 5.74) is 3.83. The Morgan fingerprint density at radius 1 is 0.893 bits per heavy atom. The fourth-order valence-corrected chi connectivity index (χ4v) is 2.61. The second-order valence-corrected chi connectivity index (χ2v) is 6.33. The summed E-state index contributed by atoms with van der Waals surface area (Å²) in [7, 11) is 0. The number of pyridine rings is 1. The minimum Gasteiger partial charge on any atom is -0.321 e. The lowest BCUT2D eigenvalue weighted by Gasteiger charge is -2.10. The highest BCUT2D eigenvalue weighted by molar-refractivity contribution is 6.06. The molecule has 0 saturated carbocycles. The topological polar surface area (TPSA) is 94.9 Å². The van der Waals surface area contributed by atoms with E-state index in [-0.39, 0.29) is 11.4 Å². The number of rotatable bonds is 4. The van der Waals surface area contributed by atoms with Crippen molar-refractivity contribution in [2.45, 2.75) is 13.8 Å². The second-order valence-electron chi connectivity index (χ2n) is 6.33. The maximum Gasteiger partial charge on any atom is 0.274 e. The van der Waals surface area contributed by atoms with Crippen LogP contribution in [0.4, 0.5) is 11.4 Å². The molecule has 6 nitrogen and oxygen atoms in total. The third kappa shape index (κ3) is 4.40. The lowest BCUT2D eigenvalue weighted by atomic mass is 10.1. The van der Waals surface area contributed by atoms with Crippen LogP contribution in [-0.4, -0.2) is 16.8 Å². The molecule has 0 atom stereocenters. The lowest BCUT2D eigenvalue weighted by molar-refractivity contribution is 0.101. The fraction of sp³-hybridized carbons (Fsp3) is 0.0909. The molecule has 138 valence electrons.